The van der Waals surface area contributed by atoms with Gasteiger partial charge in [0.25, 0.3) is 0 Å². The van der Waals surface area contributed by atoms with Gasteiger partial charge in [-0.25, -0.2) is 14.8 Å². The molecular formula is C18H26N6O6S. The number of methoxy groups -OCH3 is 2. The van der Waals surface area contributed by atoms with Crippen molar-refractivity contribution in [2.45, 2.75) is 6.42 Å². The Labute approximate surface area is 180 Å². The van der Waals surface area contributed by atoms with E-state index >= 15 is 0 Å². The standard InChI is InChI=1S/C18H26N6O6S/c1-28-15-10-13-14(11-16(15)29-2)20-12-21-17(13)24-6-3-5-23(8-9-24)7-4-22-31(26,27)30-18(19)25/h10-12,22H,3-9H2,1-2H3,(H2,19,25). The Kier molecular flexibility index (Phi) is 7.30. The molecule has 13 heteroatoms. The van der Waals surface area contributed by atoms with Crippen LogP contribution in [-0.4, -0.2) is 82.9 Å². The predicted octanol–water partition coefficient (Wildman–Crippen LogP) is 0.0888. The van der Waals surface area contributed by atoms with E-state index in [0.29, 0.717) is 31.1 Å². The molecule has 0 spiro atoms. The Hall–Kier alpha value is -2.90. The zero-order chi connectivity index (χ0) is 22.4. The molecule has 170 valence electrons. The number of anilines is 1. The van der Waals surface area contributed by atoms with Crippen LogP contribution in [0.15, 0.2) is 18.5 Å². The third-order valence-electron chi connectivity index (χ3n) is 4.91. The van der Waals surface area contributed by atoms with Crippen molar-refractivity contribution in [1.82, 2.24) is 19.6 Å². The molecule has 1 saturated heterocycles. The van der Waals surface area contributed by atoms with Gasteiger partial charge >= 0.3 is 16.4 Å². The fraction of sp³-hybridized carbons (Fsp3) is 0.500. The number of ether oxygens (including phenoxy) is 2. The average Bonchev–Trinajstić information content (AvgIpc) is 2.96. The zero-order valence-corrected chi connectivity index (χ0v) is 18.2. The minimum absolute atomic E-state index is 0.100. The van der Waals surface area contributed by atoms with Crippen molar-refractivity contribution in [3.05, 3.63) is 18.5 Å². The predicted molar refractivity (Wildman–Crippen MR) is 114 cm³/mol. The van der Waals surface area contributed by atoms with Crippen molar-refractivity contribution in [2.24, 2.45) is 5.73 Å². The fourth-order valence-corrected chi connectivity index (χ4v) is 4.11. The molecule has 0 radical (unpaired) electrons. The van der Waals surface area contributed by atoms with E-state index in [4.69, 9.17) is 15.2 Å². The molecule has 2 heterocycles. The second-order valence-corrected chi connectivity index (χ2v) is 8.22. The molecule has 1 fully saturated rings. The van der Waals surface area contributed by atoms with Crippen molar-refractivity contribution in [3.63, 3.8) is 0 Å². The second-order valence-electron chi connectivity index (χ2n) is 6.85. The summed E-state index contributed by atoms with van der Waals surface area (Å²) in [5.74, 6) is 2.01. The molecule has 12 nitrogen and oxygen atoms in total. The van der Waals surface area contributed by atoms with E-state index in [1.165, 1.54) is 6.33 Å². The van der Waals surface area contributed by atoms with Crippen LogP contribution in [0.4, 0.5) is 10.6 Å². The minimum atomic E-state index is -4.18. The van der Waals surface area contributed by atoms with Crippen molar-refractivity contribution in [3.8, 4) is 11.5 Å². The van der Waals surface area contributed by atoms with Gasteiger partial charge in [0.2, 0.25) is 0 Å². The lowest BCUT2D eigenvalue weighted by molar-refractivity contribution is 0.211. The summed E-state index contributed by atoms with van der Waals surface area (Å²) in [5, 5.41) is 0.866. The van der Waals surface area contributed by atoms with Crippen LogP contribution in [0.1, 0.15) is 6.42 Å². The second kappa shape index (κ2) is 9.94. The Morgan fingerprint density at radius 1 is 1.13 bits per heavy atom. The third kappa shape index (κ3) is 5.83. The van der Waals surface area contributed by atoms with Gasteiger partial charge in [0, 0.05) is 44.2 Å². The first kappa shape index (κ1) is 22.8. The number of rotatable bonds is 8. The summed E-state index contributed by atoms with van der Waals surface area (Å²) in [7, 11) is -1.02. The number of nitrogens with two attached hydrogens (primary N) is 1. The van der Waals surface area contributed by atoms with Crippen molar-refractivity contribution in [1.29, 1.82) is 0 Å². The largest absolute Gasteiger partial charge is 0.493 e. The lowest BCUT2D eigenvalue weighted by Gasteiger charge is -2.24. The Bertz CT molecular complexity index is 1030. The summed E-state index contributed by atoms with van der Waals surface area (Å²) in [6, 6.07) is 3.70. The van der Waals surface area contributed by atoms with E-state index in [2.05, 4.69) is 28.7 Å². The van der Waals surface area contributed by atoms with Gasteiger partial charge in [0.15, 0.2) is 11.5 Å². The lowest BCUT2D eigenvalue weighted by Crippen LogP contribution is -2.38. The maximum absolute atomic E-state index is 11.5. The van der Waals surface area contributed by atoms with Gasteiger partial charge in [-0.15, -0.1) is 0 Å². The monoisotopic (exact) mass is 454 g/mol. The van der Waals surface area contributed by atoms with Gasteiger partial charge in [0.1, 0.15) is 12.1 Å². The van der Waals surface area contributed by atoms with Crippen molar-refractivity contribution in [2.75, 3.05) is 58.4 Å². The zero-order valence-electron chi connectivity index (χ0n) is 17.4. The van der Waals surface area contributed by atoms with E-state index in [0.717, 1.165) is 36.2 Å². The Morgan fingerprint density at radius 3 is 2.58 bits per heavy atom. The SMILES string of the molecule is COc1cc2ncnc(N3CCCN(CCNS(=O)(=O)OC(N)=O)CC3)c2cc1OC. The maximum Gasteiger partial charge on any atom is 0.421 e. The van der Waals surface area contributed by atoms with Crippen LogP contribution in [0.2, 0.25) is 0 Å². The number of hydrogen-bond donors (Lipinski definition) is 2. The van der Waals surface area contributed by atoms with Gasteiger partial charge in [0.05, 0.1) is 19.7 Å². The van der Waals surface area contributed by atoms with Crippen molar-refractivity contribution >= 4 is 33.1 Å². The molecule has 0 saturated carbocycles. The van der Waals surface area contributed by atoms with E-state index in [9.17, 15) is 13.2 Å². The molecule has 2 aromatic rings. The van der Waals surface area contributed by atoms with Crippen LogP contribution in [0.25, 0.3) is 10.9 Å². The highest BCUT2D eigenvalue weighted by Gasteiger charge is 2.20. The summed E-state index contributed by atoms with van der Waals surface area (Å²) in [6.45, 7) is 3.54. The molecule has 0 bridgehead atoms. The third-order valence-corrected chi connectivity index (χ3v) is 5.85. The number of hydrogen-bond acceptors (Lipinski definition) is 10. The van der Waals surface area contributed by atoms with Crippen LogP contribution < -0.4 is 24.8 Å². The summed E-state index contributed by atoms with van der Waals surface area (Å²) < 4.78 is 40.0. The Balaban J connectivity index is 1.67. The van der Waals surface area contributed by atoms with Gasteiger partial charge in [-0.1, -0.05) is 0 Å². The molecule has 1 amide bonds. The molecule has 1 aliphatic rings. The summed E-state index contributed by atoms with van der Waals surface area (Å²) in [5.41, 5.74) is 5.49. The highest BCUT2D eigenvalue weighted by Crippen LogP contribution is 2.34. The van der Waals surface area contributed by atoms with E-state index in [-0.39, 0.29) is 6.54 Å². The fourth-order valence-electron chi connectivity index (χ4n) is 3.49. The molecular weight excluding hydrogens is 428 g/mol. The summed E-state index contributed by atoms with van der Waals surface area (Å²) in [6.07, 6.45) is 1.02. The average molecular weight is 455 g/mol. The molecule has 0 unspecified atom stereocenters. The lowest BCUT2D eigenvalue weighted by atomic mass is 10.2. The number of nitrogens with one attached hydrogen (secondary N) is 1. The Morgan fingerprint density at radius 2 is 1.87 bits per heavy atom. The molecule has 1 aliphatic heterocycles. The quantitative estimate of drug-likeness (QED) is 0.562. The molecule has 3 N–H and O–H groups in total. The van der Waals surface area contributed by atoms with Crippen LogP contribution in [0.3, 0.4) is 0 Å². The highest BCUT2D eigenvalue weighted by atomic mass is 32.2. The van der Waals surface area contributed by atoms with E-state index in [1.807, 2.05) is 12.1 Å². The number of primary amides is 1. The van der Waals surface area contributed by atoms with E-state index < -0.39 is 16.4 Å². The molecule has 1 aromatic carbocycles. The van der Waals surface area contributed by atoms with Gasteiger partial charge in [-0.3, -0.25) is 0 Å². The number of nitrogens with zero attached hydrogens (tertiary/aromatic N) is 4. The number of carbonyl (C=O) groups is 1. The van der Waals surface area contributed by atoms with Gasteiger partial charge < -0.3 is 29.2 Å². The van der Waals surface area contributed by atoms with E-state index in [1.54, 1.807) is 14.2 Å². The van der Waals surface area contributed by atoms with Crippen LogP contribution in [0, 0.1) is 0 Å². The van der Waals surface area contributed by atoms with Crippen LogP contribution >= 0.6 is 0 Å². The molecule has 1 aromatic heterocycles. The van der Waals surface area contributed by atoms with Crippen molar-refractivity contribution < 1.29 is 26.9 Å². The molecule has 3 rings (SSSR count). The molecule has 0 atom stereocenters. The smallest absolute Gasteiger partial charge is 0.421 e. The first-order valence-electron chi connectivity index (χ1n) is 9.65. The maximum atomic E-state index is 11.5. The summed E-state index contributed by atoms with van der Waals surface area (Å²) >= 11 is 0. The normalized spacial score (nSPS) is 15.5. The van der Waals surface area contributed by atoms with Gasteiger partial charge in [-0.2, -0.15) is 13.1 Å². The number of aromatic nitrogens is 2. The van der Waals surface area contributed by atoms with Crippen LogP contribution in [0.5, 0.6) is 11.5 Å². The molecule has 0 aliphatic carbocycles. The first-order valence-corrected chi connectivity index (χ1v) is 11.1. The minimum Gasteiger partial charge on any atom is -0.493 e. The van der Waals surface area contributed by atoms with Crippen LogP contribution in [-0.2, 0) is 14.5 Å². The van der Waals surface area contributed by atoms with Gasteiger partial charge in [-0.05, 0) is 19.0 Å². The molecule has 31 heavy (non-hydrogen) atoms. The number of amides is 1. The highest BCUT2D eigenvalue weighted by molar-refractivity contribution is 7.85. The summed E-state index contributed by atoms with van der Waals surface area (Å²) in [4.78, 5) is 23.8. The number of fused-ring (bicyclic) bond motifs is 1. The number of benzene rings is 1. The topological polar surface area (TPSA) is 149 Å². The first-order chi connectivity index (χ1) is 14.8. The number of carbonyl (C=O) groups excluding carboxylic acids is 1.